The van der Waals surface area contributed by atoms with Crippen LogP contribution in [0.25, 0.3) is 10.2 Å². The van der Waals surface area contributed by atoms with Gasteiger partial charge in [0.05, 0.1) is 4.88 Å². The van der Waals surface area contributed by atoms with Gasteiger partial charge >= 0.3 is 0 Å². The van der Waals surface area contributed by atoms with Crippen LogP contribution in [0.2, 0.25) is 0 Å². The summed E-state index contributed by atoms with van der Waals surface area (Å²) in [5.41, 5.74) is 1.02. The largest absolute Gasteiger partial charge is 0.297 e. The van der Waals surface area contributed by atoms with E-state index in [1.54, 1.807) is 0 Å². The third kappa shape index (κ3) is 0.867. The number of aromatic amines is 1. The minimum atomic E-state index is 0.736. The van der Waals surface area contributed by atoms with Gasteiger partial charge in [-0.2, -0.15) is 5.10 Å². The van der Waals surface area contributed by atoms with E-state index in [2.05, 4.69) is 10.2 Å². The van der Waals surface area contributed by atoms with E-state index < -0.39 is 0 Å². The van der Waals surface area contributed by atoms with Crippen LogP contribution in [-0.2, 0) is 0 Å². The van der Waals surface area contributed by atoms with Crippen molar-refractivity contribution < 1.29 is 4.79 Å². The topological polar surface area (TPSA) is 45.8 Å². The van der Waals surface area contributed by atoms with Crippen LogP contribution >= 0.6 is 11.3 Å². The van der Waals surface area contributed by atoms with E-state index in [9.17, 15) is 4.79 Å². The first-order valence-electron chi connectivity index (χ1n) is 3.21. The van der Waals surface area contributed by atoms with Gasteiger partial charge in [-0.05, 0) is 13.0 Å². The highest BCUT2D eigenvalue weighted by molar-refractivity contribution is 7.20. The Morgan fingerprint density at radius 2 is 2.55 bits per heavy atom. The molecule has 3 nitrogen and oxygen atoms in total. The molecule has 0 unspecified atom stereocenters. The maximum Gasteiger partial charge on any atom is 0.160 e. The van der Waals surface area contributed by atoms with Gasteiger partial charge in [-0.1, -0.05) is 0 Å². The number of nitrogens with zero attached hydrogens (tertiary/aromatic N) is 1. The molecule has 0 saturated carbocycles. The van der Waals surface area contributed by atoms with E-state index in [1.165, 1.54) is 11.3 Å². The van der Waals surface area contributed by atoms with Crippen molar-refractivity contribution in [3.05, 3.63) is 16.6 Å². The lowest BCUT2D eigenvalue weighted by Gasteiger charge is -1.77. The van der Waals surface area contributed by atoms with Gasteiger partial charge in [-0.15, -0.1) is 11.3 Å². The van der Waals surface area contributed by atoms with Crippen molar-refractivity contribution in [1.29, 1.82) is 0 Å². The van der Waals surface area contributed by atoms with Crippen molar-refractivity contribution in [2.45, 2.75) is 6.92 Å². The Morgan fingerprint density at radius 3 is 3.18 bits per heavy atom. The summed E-state index contributed by atoms with van der Waals surface area (Å²) in [6, 6.07) is 1.85. The monoisotopic (exact) mass is 166 g/mol. The highest BCUT2D eigenvalue weighted by Crippen LogP contribution is 2.24. The van der Waals surface area contributed by atoms with Crippen LogP contribution in [0, 0.1) is 6.92 Å². The first-order valence-corrected chi connectivity index (χ1v) is 4.02. The second-order valence-corrected chi connectivity index (χ2v) is 3.40. The van der Waals surface area contributed by atoms with Gasteiger partial charge in [0, 0.05) is 11.1 Å². The molecule has 0 aliphatic carbocycles. The number of hydrogen-bond donors (Lipinski definition) is 1. The number of aromatic nitrogens is 2. The average molecular weight is 166 g/mol. The molecule has 0 bridgehead atoms. The first-order chi connectivity index (χ1) is 5.31. The number of thiophene rings is 1. The summed E-state index contributed by atoms with van der Waals surface area (Å²) in [5.74, 6) is 0. The van der Waals surface area contributed by atoms with E-state index in [1.807, 2.05) is 13.0 Å². The van der Waals surface area contributed by atoms with Crippen molar-refractivity contribution in [1.82, 2.24) is 10.2 Å². The maximum absolute atomic E-state index is 10.4. The average Bonchev–Trinajstić information content (AvgIpc) is 2.53. The summed E-state index contributed by atoms with van der Waals surface area (Å²) in [6.07, 6.45) is 0.853. The second kappa shape index (κ2) is 2.17. The molecule has 0 atom stereocenters. The van der Waals surface area contributed by atoms with Gasteiger partial charge in [0.2, 0.25) is 0 Å². The second-order valence-electron chi connectivity index (χ2n) is 2.33. The zero-order valence-electron chi connectivity index (χ0n) is 5.92. The Morgan fingerprint density at radius 1 is 1.73 bits per heavy atom. The van der Waals surface area contributed by atoms with Crippen molar-refractivity contribution >= 4 is 27.8 Å². The third-order valence-corrected chi connectivity index (χ3v) is 2.53. The number of carbonyl (C=O) groups excluding carboxylic acids is 1. The molecule has 0 aliphatic heterocycles. The fourth-order valence-corrected chi connectivity index (χ4v) is 1.87. The number of aldehydes is 1. The molecule has 0 saturated heterocycles. The normalized spacial score (nSPS) is 10.6. The fraction of sp³-hybridized carbons (Fsp3) is 0.143. The van der Waals surface area contributed by atoms with E-state index in [0.717, 1.165) is 27.1 Å². The van der Waals surface area contributed by atoms with E-state index in [-0.39, 0.29) is 0 Å². The standard InChI is InChI=1S/C7H6N2OS/c1-4-6-2-5(3-10)11-7(6)9-8-4/h2-3H,1H3,(H,8,9). The Hall–Kier alpha value is -1.16. The van der Waals surface area contributed by atoms with Gasteiger partial charge in [-0.3, -0.25) is 9.89 Å². The van der Waals surface area contributed by atoms with Crippen LogP contribution in [0.4, 0.5) is 0 Å². The van der Waals surface area contributed by atoms with E-state index >= 15 is 0 Å². The molecule has 0 amide bonds. The van der Waals surface area contributed by atoms with Crippen LogP contribution < -0.4 is 0 Å². The minimum Gasteiger partial charge on any atom is -0.297 e. The quantitative estimate of drug-likeness (QED) is 0.656. The summed E-state index contributed by atoms with van der Waals surface area (Å²) in [6.45, 7) is 1.94. The smallest absolute Gasteiger partial charge is 0.160 e. The van der Waals surface area contributed by atoms with Crippen LogP contribution in [0.3, 0.4) is 0 Å². The molecule has 0 aliphatic rings. The number of nitrogens with one attached hydrogen (secondary N) is 1. The summed E-state index contributed by atoms with van der Waals surface area (Å²) < 4.78 is 0. The van der Waals surface area contributed by atoms with E-state index in [4.69, 9.17) is 0 Å². The Kier molecular flexibility index (Phi) is 1.29. The SMILES string of the molecule is Cc1[nH]nc2sc(C=O)cc12. The molecule has 2 heterocycles. The van der Waals surface area contributed by atoms with Crippen LogP contribution in [0.5, 0.6) is 0 Å². The van der Waals surface area contributed by atoms with Crippen molar-refractivity contribution in [2.75, 3.05) is 0 Å². The van der Waals surface area contributed by atoms with Crippen LogP contribution in [0.1, 0.15) is 15.4 Å². The van der Waals surface area contributed by atoms with Gasteiger partial charge < -0.3 is 0 Å². The van der Waals surface area contributed by atoms with Gasteiger partial charge in [0.15, 0.2) is 6.29 Å². The predicted octanol–water partition coefficient (Wildman–Crippen LogP) is 1.75. The molecule has 0 spiro atoms. The molecular formula is C7H6N2OS. The van der Waals surface area contributed by atoms with Crippen molar-refractivity contribution in [3.8, 4) is 0 Å². The van der Waals surface area contributed by atoms with E-state index in [0.29, 0.717) is 0 Å². The van der Waals surface area contributed by atoms with Crippen molar-refractivity contribution in [2.24, 2.45) is 0 Å². The molecule has 11 heavy (non-hydrogen) atoms. The van der Waals surface area contributed by atoms with Gasteiger partial charge in [0.1, 0.15) is 4.83 Å². The molecule has 2 aromatic heterocycles. The molecule has 1 N–H and O–H groups in total. The summed E-state index contributed by atoms with van der Waals surface area (Å²) in [5, 5.41) is 7.93. The lowest BCUT2D eigenvalue weighted by Crippen LogP contribution is -1.71. The minimum absolute atomic E-state index is 0.736. The molecule has 0 aromatic carbocycles. The van der Waals surface area contributed by atoms with Gasteiger partial charge in [0.25, 0.3) is 0 Å². The zero-order chi connectivity index (χ0) is 7.84. The summed E-state index contributed by atoms with van der Waals surface area (Å²) in [4.78, 5) is 12.0. The van der Waals surface area contributed by atoms with Gasteiger partial charge in [-0.25, -0.2) is 0 Å². The highest BCUT2D eigenvalue weighted by atomic mass is 32.1. The number of fused-ring (bicyclic) bond motifs is 1. The number of carbonyl (C=O) groups is 1. The molecule has 2 rings (SSSR count). The third-order valence-electron chi connectivity index (χ3n) is 1.58. The fourth-order valence-electron chi connectivity index (χ4n) is 1.00. The lowest BCUT2D eigenvalue weighted by atomic mass is 10.3. The van der Waals surface area contributed by atoms with Crippen LogP contribution in [0.15, 0.2) is 6.07 Å². The first kappa shape index (κ1) is 6.54. The maximum atomic E-state index is 10.4. The predicted molar refractivity (Wildman–Crippen MR) is 44.1 cm³/mol. The van der Waals surface area contributed by atoms with Crippen LogP contribution in [-0.4, -0.2) is 16.5 Å². The molecule has 4 heteroatoms. The molecule has 2 aromatic rings. The number of aryl methyl sites for hydroxylation is 1. The number of H-pyrrole nitrogens is 1. The molecule has 0 fully saturated rings. The molecule has 0 radical (unpaired) electrons. The Labute approximate surface area is 67.0 Å². The molecule has 56 valence electrons. The Balaban J connectivity index is 2.79. The lowest BCUT2D eigenvalue weighted by molar-refractivity contribution is 0.112. The van der Waals surface area contributed by atoms with Crippen molar-refractivity contribution in [3.63, 3.8) is 0 Å². The highest BCUT2D eigenvalue weighted by Gasteiger charge is 2.05. The number of hydrogen-bond acceptors (Lipinski definition) is 3. The summed E-state index contributed by atoms with van der Waals surface area (Å²) >= 11 is 1.41. The Bertz CT molecular complexity index is 401. The zero-order valence-corrected chi connectivity index (χ0v) is 6.73. The summed E-state index contributed by atoms with van der Waals surface area (Å²) in [7, 11) is 0. The molecular weight excluding hydrogens is 160 g/mol. The number of rotatable bonds is 1.